The average molecular weight is 465 g/mol. The number of hydrogen-bond acceptors (Lipinski definition) is 7. The molecule has 0 bridgehead atoms. The molecule has 8 nitrogen and oxygen atoms in total. The average Bonchev–Trinajstić information content (AvgIpc) is 2.77. The highest BCUT2D eigenvalue weighted by Gasteiger charge is 2.30. The van der Waals surface area contributed by atoms with E-state index in [9.17, 15) is 22.8 Å². The van der Waals surface area contributed by atoms with Crippen molar-refractivity contribution in [2.75, 3.05) is 20.8 Å². The summed E-state index contributed by atoms with van der Waals surface area (Å²) < 4.78 is 42.8. The number of halogens is 3. The predicted octanol–water partition coefficient (Wildman–Crippen LogP) is 3.29. The third-order valence-electron chi connectivity index (χ3n) is 4.25. The topological polar surface area (TPSA) is 98.6 Å². The fraction of sp³-hybridized carbons (Fsp3) is 0.273. The summed E-state index contributed by atoms with van der Waals surface area (Å²) in [7, 11) is 2.56. The van der Waals surface area contributed by atoms with Crippen LogP contribution in [-0.4, -0.2) is 44.1 Å². The number of carbonyl (C=O) groups is 2. The number of carbonyl (C=O) groups excluding carboxylic acids is 2. The van der Waals surface area contributed by atoms with Crippen molar-refractivity contribution in [1.82, 2.24) is 5.32 Å². The SMILES string of the molecule is COCC(=O)NC(=O)C(=NOC)c1ccccc1CO/N=C(\C)c1ccc(C(F)(F)F)cc1. The molecule has 0 radical (unpaired) electrons. The maximum Gasteiger partial charge on any atom is 0.416 e. The molecule has 11 heteroatoms. The van der Waals surface area contributed by atoms with Gasteiger partial charge in [0.1, 0.15) is 20.3 Å². The Hall–Kier alpha value is -3.73. The molecule has 0 aliphatic heterocycles. The molecule has 0 fully saturated rings. The van der Waals surface area contributed by atoms with Crippen molar-refractivity contribution in [3.05, 3.63) is 70.8 Å². The third-order valence-corrected chi connectivity index (χ3v) is 4.25. The number of nitrogens with one attached hydrogen (secondary N) is 1. The minimum absolute atomic E-state index is 0.0871. The van der Waals surface area contributed by atoms with E-state index in [-0.39, 0.29) is 18.9 Å². The number of benzene rings is 2. The number of rotatable bonds is 9. The standard InChI is InChI=1S/C22H22F3N3O5/c1-14(15-8-10-17(11-9-15)22(23,24)25)27-33-12-16-6-4-5-7-18(16)20(28-32-3)21(30)26-19(29)13-31-2/h4-11H,12-13H2,1-3H3,(H,26,29,30)/b27-14+,28-20?. The molecule has 0 heterocycles. The number of alkyl halides is 3. The molecule has 2 aromatic carbocycles. The summed E-state index contributed by atoms with van der Waals surface area (Å²) in [6.45, 7) is 1.19. The quantitative estimate of drug-likeness (QED) is 0.453. The van der Waals surface area contributed by atoms with E-state index < -0.39 is 23.6 Å². The molecule has 2 amide bonds. The first-order chi connectivity index (χ1) is 15.7. The summed E-state index contributed by atoms with van der Waals surface area (Å²) in [5.74, 6) is -1.45. The fourth-order valence-electron chi connectivity index (χ4n) is 2.69. The van der Waals surface area contributed by atoms with E-state index in [4.69, 9.17) is 9.68 Å². The third kappa shape index (κ3) is 7.42. The van der Waals surface area contributed by atoms with Gasteiger partial charge >= 0.3 is 6.18 Å². The Kier molecular flexibility index (Phi) is 9.10. The Bertz CT molecular complexity index is 1030. The van der Waals surface area contributed by atoms with Gasteiger partial charge in [0.2, 0.25) is 0 Å². The zero-order valence-electron chi connectivity index (χ0n) is 18.1. The Morgan fingerprint density at radius 3 is 2.27 bits per heavy atom. The molecule has 0 saturated heterocycles. The lowest BCUT2D eigenvalue weighted by atomic mass is 10.0. The molecule has 0 aliphatic rings. The first kappa shape index (κ1) is 25.5. The molecule has 0 unspecified atom stereocenters. The van der Waals surface area contributed by atoms with Crippen molar-refractivity contribution in [3.63, 3.8) is 0 Å². The van der Waals surface area contributed by atoms with Crippen LogP contribution in [0, 0.1) is 0 Å². The largest absolute Gasteiger partial charge is 0.416 e. The summed E-state index contributed by atoms with van der Waals surface area (Å²) >= 11 is 0. The predicted molar refractivity (Wildman–Crippen MR) is 113 cm³/mol. The first-order valence-electron chi connectivity index (χ1n) is 9.54. The molecule has 0 spiro atoms. The second-order valence-corrected chi connectivity index (χ2v) is 6.62. The highest BCUT2D eigenvalue weighted by molar-refractivity contribution is 6.47. The zero-order valence-corrected chi connectivity index (χ0v) is 18.1. The van der Waals surface area contributed by atoms with E-state index in [1.165, 1.54) is 26.4 Å². The van der Waals surface area contributed by atoms with Crippen LogP contribution in [0.4, 0.5) is 13.2 Å². The van der Waals surface area contributed by atoms with E-state index >= 15 is 0 Å². The van der Waals surface area contributed by atoms with Crippen molar-refractivity contribution < 1.29 is 37.2 Å². The Morgan fingerprint density at radius 1 is 1.00 bits per heavy atom. The van der Waals surface area contributed by atoms with Crippen LogP contribution in [-0.2, 0) is 36.8 Å². The van der Waals surface area contributed by atoms with Crippen molar-refractivity contribution in [2.45, 2.75) is 19.7 Å². The van der Waals surface area contributed by atoms with Gasteiger partial charge in [0, 0.05) is 18.2 Å². The molecule has 2 aromatic rings. The maximum absolute atomic E-state index is 12.7. The smallest absolute Gasteiger partial charge is 0.398 e. The Balaban J connectivity index is 2.17. The summed E-state index contributed by atoms with van der Waals surface area (Å²) in [6, 6.07) is 11.1. The van der Waals surface area contributed by atoms with E-state index in [0.717, 1.165) is 12.1 Å². The van der Waals surface area contributed by atoms with Gasteiger partial charge < -0.3 is 14.4 Å². The number of methoxy groups -OCH3 is 1. The fourth-order valence-corrected chi connectivity index (χ4v) is 2.69. The van der Waals surface area contributed by atoms with Gasteiger partial charge in [0.25, 0.3) is 11.8 Å². The molecule has 176 valence electrons. The molecular weight excluding hydrogens is 443 g/mol. The minimum Gasteiger partial charge on any atom is -0.398 e. The van der Waals surface area contributed by atoms with Gasteiger partial charge in [-0.25, -0.2) is 0 Å². The monoisotopic (exact) mass is 465 g/mol. The summed E-state index contributed by atoms with van der Waals surface area (Å²) in [5.41, 5.74) is 0.727. The molecule has 1 N–H and O–H groups in total. The van der Waals surface area contributed by atoms with Gasteiger partial charge in [-0.2, -0.15) is 13.2 Å². The summed E-state index contributed by atoms with van der Waals surface area (Å²) in [4.78, 5) is 34.3. The first-order valence-corrected chi connectivity index (χ1v) is 9.54. The molecule has 0 atom stereocenters. The molecule has 0 aromatic heterocycles. The normalized spacial score (nSPS) is 12.3. The summed E-state index contributed by atoms with van der Waals surface area (Å²) in [6.07, 6.45) is -4.42. The highest BCUT2D eigenvalue weighted by atomic mass is 19.4. The van der Waals surface area contributed by atoms with Crippen molar-refractivity contribution >= 4 is 23.2 Å². The number of nitrogens with zero attached hydrogens (tertiary/aromatic N) is 2. The van der Waals surface area contributed by atoms with Gasteiger partial charge in [-0.1, -0.05) is 46.7 Å². The van der Waals surface area contributed by atoms with E-state index in [0.29, 0.717) is 22.4 Å². The zero-order chi connectivity index (χ0) is 24.4. The molecule has 33 heavy (non-hydrogen) atoms. The number of oxime groups is 2. The van der Waals surface area contributed by atoms with Gasteiger partial charge in [-0.15, -0.1) is 0 Å². The second-order valence-electron chi connectivity index (χ2n) is 6.62. The molecule has 0 aliphatic carbocycles. The lowest BCUT2D eigenvalue weighted by Crippen LogP contribution is -2.38. The lowest BCUT2D eigenvalue weighted by molar-refractivity contribution is -0.137. The van der Waals surface area contributed by atoms with E-state index in [2.05, 4.69) is 20.4 Å². The van der Waals surface area contributed by atoms with Crippen LogP contribution < -0.4 is 5.32 Å². The number of ether oxygens (including phenoxy) is 1. The summed E-state index contributed by atoms with van der Waals surface area (Å²) in [5, 5.41) is 9.79. The van der Waals surface area contributed by atoms with Gasteiger partial charge in [-0.05, 0) is 24.6 Å². The Morgan fingerprint density at radius 2 is 1.67 bits per heavy atom. The van der Waals surface area contributed by atoms with E-state index in [1.54, 1.807) is 31.2 Å². The van der Waals surface area contributed by atoms with Gasteiger partial charge in [0.05, 0.1) is 11.3 Å². The molecule has 0 saturated carbocycles. The van der Waals surface area contributed by atoms with Crippen LogP contribution in [0.5, 0.6) is 0 Å². The highest BCUT2D eigenvalue weighted by Crippen LogP contribution is 2.29. The number of hydrogen-bond donors (Lipinski definition) is 1. The van der Waals surface area contributed by atoms with Gasteiger partial charge in [0.15, 0.2) is 5.71 Å². The van der Waals surface area contributed by atoms with Gasteiger partial charge in [-0.3, -0.25) is 14.9 Å². The van der Waals surface area contributed by atoms with Crippen LogP contribution in [0.15, 0.2) is 58.8 Å². The Labute approximate surface area is 188 Å². The van der Waals surface area contributed by atoms with Crippen LogP contribution in [0.2, 0.25) is 0 Å². The molecular formula is C22H22F3N3O5. The number of imide groups is 1. The van der Waals surface area contributed by atoms with Crippen LogP contribution in [0.1, 0.15) is 29.2 Å². The van der Waals surface area contributed by atoms with Crippen molar-refractivity contribution in [2.24, 2.45) is 10.3 Å². The lowest BCUT2D eigenvalue weighted by Gasteiger charge is -2.11. The molecule has 2 rings (SSSR count). The van der Waals surface area contributed by atoms with Crippen LogP contribution in [0.3, 0.4) is 0 Å². The number of amides is 2. The van der Waals surface area contributed by atoms with E-state index in [1.807, 2.05) is 0 Å². The minimum atomic E-state index is -4.42. The second kappa shape index (κ2) is 11.8. The van der Waals surface area contributed by atoms with Crippen molar-refractivity contribution in [1.29, 1.82) is 0 Å². The van der Waals surface area contributed by atoms with Crippen LogP contribution >= 0.6 is 0 Å². The van der Waals surface area contributed by atoms with Crippen molar-refractivity contribution in [3.8, 4) is 0 Å². The van der Waals surface area contributed by atoms with Crippen LogP contribution in [0.25, 0.3) is 0 Å². The maximum atomic E-state index is 12.7.